The zero-order valence-electron chi connectivity index (χ0n) is 10.3. The zero-order valence-corrected chi connectivity index (χ0v) is 11.9. The molecule has 0 bridgehead atoms. The minimum absolute atomic E-state index is 0.0591. The number of hydrogen-bond donors (Lipinski definition) is 1. The topological polar surface area (TPSA) is 52.3 Å². The molecule has 1 rings (SSSR count). The number of halogens is 2. The summed E-state index contributed by atoms with van der Waals surface area (Å²) < 4.78 is 18.6. The summed E-state index contributed by atoms with van der Waals surface area (Å²) in [6.45, 7) is 2.49. The molecule has 0 aliphatic carbocycles. The van der Waals surface area contributed by atoms with E-state index in [1.807, 2.05) is 0 Å². The van der Waals surface area contributed by atoms with Crippen molar-refractivity contribution in [2.24, 2.45) is 0 Å². The van der Waals surface area contributed by atoms with Crippen molar-refractivity contribution in [1.82, 2.24) is 0 Å². The lowest BCUT2D eigenvalue weighted by molar-refractivity contribution is 0.0496. The SMILES string of the molecule is CCCCCCOC(=O)c1cc(N)c(F)cc1Br. The second kappa shape index (κ2) is 7.36. The summed E-state index contributed by atoms with van der Waals surface area (Å²) in [5, 5.41) is 0. The maximum Gasteiger partial charge on any atom is 0.339 e. The second-order valence-electron chi connectivity index (χ2n) is 4.05. The highest BCUT2D eigenvalue weighted by Gasteiger charge is 2.14. The largest absolute Gasteiger partial charge is 0.462 e. The van der Waals surface area contributed by atoms with E-state index in [0.29, 0.717) is 11.1 Å². The van der Waals surface area contributed by atoms with E-state index < -0.39 is 11.8 Å². The first-order valence-corrected chi connectivity index (χ1v) is 6.77. The minimum Gasteiger partial charge on any atom is -0.462 e. The fourth-order valence-electron chi connectivity index (χ4n) is 1.49. The van der Waals surface area contributed by atoms with Crippen LogP contribution in [0.2, 0.25) is 0 Å². The van der Waals surface area contributed by atoms with Crippen LogP contribution >= 0.6 is 15.9 Å². The molecule has 0 amide bonds. The number of carbonyl (C=O) groups is 1. The molecule has 0 saturated carbocycles. The van der Waals surface area contributed by atoms with Crippen molar-refractivity contribution in [2.45, 2.75) is 32.6 Å². The zero-order chi connectivity index (χ0) is 13.5. The average Bonchev–Trinajstić information content (AvgIpc) is 2.33. The Bertz CT molecular complexity index is 424. The number of anilines is 1. The Kier molecular flexibility index (Phi) is 6.12. The van der Waals surface area contributed by atoms with Gasteiger partial charge in [0.05, 0.1) is 17.9 Å². The Balaban J connectivity index is 2.54. The molecule has 0 aliphatic rings. The van der Waals surface area contributed by atoms with Gasteiger partial charge >= 0.3 is 5.97 Å². The van der Waals surface area contributed by atoms with Gasteiger partial charge in [-0.1, -0.05) is 26.2 Å². The van der Waals surface area contributed by atoms with Crippen LogP contribution in [0, 0.1) is 5.82 Å². The summed E-state index contributed by atoms with van der Waals surface area (Å²) in [6.07, 6.45) is 4.14. The van der Waals surface area contributed by atoms with E-state index in [0.717, 1.165) is 25.7 Å². The van der Waals surface area contributed by atoms with Crippen LogP contribution in [0.4, 0.5) is 10.1 Å². The van der Waals surface area contributed by atoms with Gasteiger partial charge in [0.15, 0.2) is 0 Å². The van der Waals surface area contributed by atoms with Crippen molar-refractivity contribution in [2.75, 3.05) is 12.3 Å². The van der Waals surface area contributed by atoms with Crippen LogP contribution in [0.15, 0.2) is 16.6 Å². The van der Waals surface area contributed by atoms with Crippen molar-refractivity contribution < 1.29 is 13.9 Å². The second-order valence-corrected chi connectivity index (χ2v) is 4.90. The number of hydrogen-bond acceptors (Lipinski definition) is 3. The number of ether oxygens (including phenoxy) is 1. The first kappa shape index (κ1) is 15.0. The van der Waals surface area contributed by atoms with Crippen LogP contribution < -0.4 is 5.73 Å². The number of nitrogen functional groups attached to an aromatic ring is 1. The lowest BCUT2D eigenvalue weighted by Gasteiger charge is -2.07. The van der Waals surface area contributed by atoms with E-state index in [4.69, 9.17) is 10.5 Å². The molecular weight excluding hydrogens is 301 g/mol. The third kappa shape index (κ3) is 4.29. The van der Waals surface area contributed by atoms with E-state index in [9.17, 15) is 9.18 Å². The fourth-order valence-corrected chi connectivity index (χ4v) is 1.97. The molecular formula is C13H17BrFNO2. The summed E-state index contributed by atoms with van der Waals surface area (Å²) >= 11 is 3.12. The Morgan fingerprint density at radius 1 is 1.39 bits per heavy atom. The number of rotatable bonds is 6. The Labute approximate surface area is 115 Å². The highest BCUT2D eigenvalue weighted by molar-refractivity contribution is 9.10. The standard InChI is InChI=1S/C13H17BrFNO2/c1-2-3-4-5-6-18-13(17)9-7-12(16)11(15)8-10(9)14/h7-8H,2-6,16H2,1H3. The molecule has 0 heterocycles. The van der Waals surface area contributed by atoms with Crippen LogP contribution in [0.25, 0.3) is 0 Å². The Hall–Kier alpha value is -1.10. The molecule has 0 fully saturated rings. The van der Waals surface area contributed by atoms with Crippen LogP contribution in [0.5, 0.6) is 0 Å². The lowest BCUT2D eigenvalue weighted by atomic mass is 10.2. The van der Waals surface area contributed by atoms with Gasteiger partial charge in [-0.05, 0) is 34.5 Å². The van der Waals surface area contributed by atoms with Gasteiger partial charge in [0, 0.05) is 4.47 Å². The fraction of sp³-hybridized carbons (Fsp3) is 0.462. The molecule has 0 aliphatic heterocycles. The Morgan fingerprint density at radius 2 is 2.11 bits per heavy atom. The summed E-state index contributed by atoms with van der Waals surface area (Å²) in [6, 6.07) is 2.46. The van der Waals surface area contributed by atoms with Crippen molar-refractivity contribution in [3.63, 3.8) is 0 Å². The van der Waals surface area contributed by atoms with Gasteiger partial charge in [0.2, 0.25) is 0 Å². The van der Waals surface area contributed by atoms with Gasteiger partial charge in [-0.25, -0.2) is 9.18 Å². The predicted molar refractivity (Wildman–Crippen MR) is 72.9 cm³/mol. The number of unbranched alkanes of at least 4 members (excludes halogenated alkanes) is 3. The molecule has 0 spiro atoms. The van der Waals surface area contributed by atoms with Gasteiger partial charge in [0.1, 0.15) is 5.82 Å². The van der Waals surface area contributed by atoms with E-state index >= 15 is 0 Å². The molecule has 0 atom stereocenters. The molecule has 18 heavy (non-hydrogen) atoms. The summed E-state index contributed by atoms with van der Waals surface area (Å²) in [5.41, 5.74) is 5.61. The molecule has 2 N–H and O–H groups in total. The number of carbonyl (C=O) groups excluding carboxylic acids is 1. The third-order valence-corrected chi connectivity index (χ3v) is 3.19. The van der Waals surface area contributed by atoms with Crippen molar-refractivity contribution in [3.05, 3.63) is 28.0 Å². The van der Waals surface area contributed by atoms with Gasteiger partial charge < -0.3 is 10.5 Å². The van der Waals surface area contributed by atoms with Crippen LogP contribution in [-0.4, -0.2) is 12.6 Å². The van der Waals surface area contributed by atoms with E-state index in [1.165, 1.54) is 12.1 Å². The van der Waals surface area contributed by atoms with Crippen LogP contribution in [0.1, 0.15) is 43.0 Å². The predicted octanol–water partition coefficient (Wildman–Crippen LogP) is 3.91. The maximum absolute atomic E-state index is 13.1. The van der Waals surface area contributed by atoms with Crippen molar-refractivity contribution in [3.8, 4) is 0 Å². The number of benzene rings is 1. The molecule has 1 aromatic rings. The molecule has 1 aromatic carbocycles. The molecule has 3 nitrogen and oxygen atoms in total. The smallest absolute Gasteiger partial charge is 0.339 e. The normalized spacial score (nSPS) is 10.4. The first-order chi connectivity index (χ1) is 8.56. The monoisotopic (exact) mass is 317 g/mol. The highest BCUT2D eigenvalue weighted by Crippen LogP contribution is 2.23. The van der Waals surface area contributed by atoms with E-state index in [-0.39, 0.29) is 11.3 Å². The first-order valence-electron chi connectivity index (χ1n) is 5.98. The lowest BCUT2D eigenvalue weighted by Crippen LogP contribution is -2.08. The van der Waals surface area contributed by atoms with Crippen LogP contribution in [0.3, 0.4) is 0 Å². The summed E-state index contributed by atoms with van der Waals surface area (Å²) in [7, 11) is 0. The van der Waals surface area contributed by atoms with Crippen molar-refractivity contribution in [1.29, 1.82) is 0 Å². The van der Waals surface area contributed by atoms with Crippen molar-refractivity contribution >= 4 is 27.6 Å². The summed E-state index contributed by atoms with van der Waals surface area (Å²) in [5.74, 6) is -1.04. The Morgan fingerprint density at radius 3 is 2.78 bits per heavy atom. The van der Waals surface area contributed by atoms with E-state index in [2.05, 4.69) is 22.9 Å². The maximum atomic E-state index is 13.1. The third-order valence-electron chi connectivity index (χ3n) is 2.54. The highest BCUT2D eigenvalue weighted by atomic mass is 79.9. The number of nitrogens with two attached hydrogens (primary N) is 1. The molecule has 100 valence electrons. The molecule has 0 radical (unpaired) electrons. The minimum atomic E-state index is -0.554. The molecule has 0 unspecified atom stereocenters. The summed E-state index contributed by atoms with van der Waals surface area (Å²) in [4.78, 5) is 11.7. The molecule has 0 saturated heterocycles. The average molecular weight is 318 g/mol. The van der Waals surface area contributed by atoms with E-state index in [1.54, 1.807) is 0 Å². The molecule has 5 heteroatoms. The quantitative estimate of drug-likeness (QED) is 0.491. The van der Waals surface area contributed by atoms with Gasteiger partial charge in [-0.3, -0.25) is 0 Å². The number of esters is 1. The van der Waals surface area contributed by atoms with Gasteiger partial charge in [-0.15, -0.1) is 0 Å². The van der Waals surface area contributed by atoms with Gasteiger partial charge in [0.25, 0.3) is 0 Å². The van der Waals surface area contributed by atoms with Gasteiger partial charge in [-0.2, -0.15) is 0 Å². The van der Waals surface area contributed by atoms with Crippen LogP contribution in [-0.2, 0) is 4.74 Å². The molecule has 0 aromatic heterocycles.